The van der Waals surface area contributed by atoms with Crippen LogP contribution in [0.1, 0.15) is 11.1 Å². The van der Waals surface area contributed by atoms with Gasteiger partial charge in [-0.2, -0.15) is 0 Å². The summed E-state index contributed by atoms with van der Waals surface area (Å²) in [5, 5.41) is 4.31. The molecule has 0 fully saturated rings. The molecule has 0 amide bonds. The van der Waals surface area contributed by atoms with Gasteiger partial charge in [-0.15, -0.1) is 0 Å². The van der Waals surface area contributed by atoms with Gasteiger partial charge in [0.15, 0.2) is 0 Å². The maximum absolute atomic E-state index is 4.31. The predicted molar refractivity (Wildman–Crippen MR) is 60.8 cm³/mol. The molecule has 0 atom stereocenters. The summed E-state index contributed by atoms with van der Waals surface area (Å²) < 4.78 is 1.78. The van der Waals surface area contributed by atoms with E-state index in [4.69, 9.17) is 0 Å². The molecule has 1 heterocycles. The van der Waals surface area contributed by atoms with Crippen LogP contribution >= 0.6 is 0 Å². The molecule has 2 nitrogen and oxygen atoms in total. The monoisotopic (exact) mass is 197 g/mol. The minimum Gasteiger partial charge on any atom is -0.0613 e. The molecule has 1 aromatic carbocycles. The van der Waals surface area contributed by atoms with Gasteiger partial charge in [-0.25, -0.2) is 0 Å². The van der Waals surface area contributed by atoms with Crippen LogP contribution in [0.5, 0.6) is 0 Å². The normalized spacial score (nSPS) is 10.7. The summed E-state index contributed by atoms with van der Waals surface area (Å²) in [5.41, 5.74) is 2.36. The van der Waals surface area contributed by atoms with Crippen molar-refractivity contribution in [3.8, 4) is 0 Å². The first-order chi connectivity index (χ1) is 7.34. The fourth-order valence-electron chi connectivity index (χ4n) is 1.35. The van der Waals surface area contributed by atoms with Crippen molar-refractivity contribution >= 4 is 6.21 Å². The van der Waals surface area contributed by atoms with Gasteiger partial charge in [-0.05, 0) is 17.6 Å². The molecular weight excluding hydrogens is 184 g/mol. The van der Waals surface area contributed by atoms with E-state index in [9.17, 15) is 0 Å². The van der Waals surface area contributed by atoms with Crippen LogP contribution in [0.3, 0.4) is 0 Å². The minimum absolute atomic E-state index is 1.12. The third-order valence-electron chi connectivity index (χ3n) is 2.08. The molecule has 15 heavy (non-hydrogen) atoms. The number of nitrogens with zero attached hydrogens (tertiary/aromatic N) is 2. The molecule has 2 rings (SSSR count). The molecule has 74 valence electrons. The lowest BCUT2D eigenvalue weighted by atomic mass is 10.2. The molecule has 0 radical (unpaired) electrons. The van der Waals surface area contributed by atoms with Crippen molar-refractivity contribution in [2.24, 2.45) is 5.10 Å². The van der Waals surface area contributed by atoms with Crippen molar-refractivity contribution in [2.45, 2.75) is 6.92 Å². The number of rotatable bonds is 2. The van der Waals surface area contributed by atoms with Crippen LogP contribution in [0.25, 0.3) is 0 Å². The van der Waals surface area contributed by atoms with Crippen molar-refractivity contribution in [1.29, 1.82) is 0 Å². The lowest BCUT2D eigenvalue weighted by Crippen LogP contribution is -2.25. The van der Waals surface area contributed by atoms with E-state index in [0.29, 0.717) is 0 Å². The molecule has 0 aliphatic rings. The van der Waals surface area contributed by atoms with E-state index in [-0.39, 0.29) is 0 Å². The zero-order valence-electron chi connectivity index (χ0n) is 8.67. The van der Waals surface area contributed by atoms with Crippen molar-refractivity contribution in [2.75, 3.05) is 0 Å². The summed E-state index contributed by atoms with van der Waals surface area (Å²) in [5.74, 6) is 0. The number of benzene rings is 1. The van der Waals surface area contributed by atoms with E-state index in [2.05, 4.69) is 24.2 Å². The van der Waals surface area contributed by atoms with E-state index in [1.165, 1.54) is 5.56 Å². The molecule has 0 aliphatic heterocycles. The highest BCUT2D eigenvalue weighted by Gasteiger charge is 1.93. The van der Waals surface area contributed by atoms with E-state index in [0.717, 1.165) is 5.56 Å². The SMILES string of the molecule is Cc1cccc(/C=N/[n+]2ccccc2)c1. The Hall–Kier alpha value is -1.96. The van der Waals surface area contributed by atoms with E-state index < -0.39 is 0 Å². The van der Waals surface area contributed by atoms with Gasteiger partial charge in [0.25, 0.3) is 0 Å². The highest BCUT2D eigenvalue weighted by atomic mass is 15.3. The largest absolute Gasteiger partial charge is 0.202 e. The molecule has 0 bridgehead atoms. The van der Waals surface area contributed by atoms with Gasteiger partial charge in [0.2, 0.25) is 12.4 Å². The Morgan fingerprint density at radius 1 is 1.07 bits per heavy atom. The molecule has 0 unspecified atom stereocenters. The zero-order chi connectivity index (χ0) is 10.5. The summed E-state index contributed by atoms with van der Waals surface area (Å²) in [6, 6.07) is 14.1. The maximum atomic E-state index is 4.31. The Labute approximate surface area is 89.5 Å². The Morgan fingerprint density at radius 2 is 1.87 bits per heavy atom. The lowest BCUT2D eigenvalue weighted by molar-refractivity contribution is -0.678. The van der Waals surface area contributed by atoms with E-state index in [1.54, 1.807) is 4.68 Å². The minimum atomic E-state index is 1.12. The number of aryl methyl sites for hydroxylation is 1. The molecule has 0 spiro atoms. The fraction of sp³-hybridized carbons (Fsp3) is 0.0769. The second-order valence-electron chi connectivity index (χ2n) is 3.41. The maximum Gasteiger partial charge on any atom is 0.202 e. The fourth-order valence-corrected chi connectivity index (χ4v) is 1.35. The van der Waals surface area contributed by atoms with Crippen LogP contribution in [-0.2, 0) is 0 Å². The Balaban J connectivity index is 2.19. The lowest BCUT2D eigenvalue weighted by Gasteiger charge is -1.92. The number of aromatic nitrogens is 1. The second-order valence-corrected chi connectivity index (χ2v) is 3.41. The summed E-state index contributed by atoms with van der Waals surface area (Å²) in [6.45, 7) is 2.08. The first-order valence-electron chi connectivity index (χ1n) is 4.92. The average Bonchev–Trinajstić information content (AvgIpc) is 2.28. The van der Waals surface area contributed by atoms with Crippen LogP contribution in [0, 0.1) is 6.92 Å². The zero-order valence-corrected chi connectivity index (χ0v) is 8.67. The van der Waals surface area contributed by atoms with Crippen LogP contribution in [0.2, 0.25) is 0 Å². The first-order valence-corrected chi connectivity index (χ1v) is 4.92. The quantitative estimate of drug-likeness (QED) is 0.518. The van der Waals surface area contributed by atoms with Crippen LogP contribution in [-0.4, -0.2) is 6.21 Å². The number of hydrogen-bond acceptors (Lipinski definition) is 1. The Kier molecular flexibility index (Phi) is 2.88. The molecule has 0 N–H and O–H groups in total. The van der Waals surface area contributed by atoms with Crippen molar-refractivity contribution in [1.82, 2.24) is 0 Å². The average molecular weight is 197 g/mol. The van der Waals surface area contributed by atoms with Crippen molar-refractivity contribution < 1.29 is 4.68 Å². The second kappa shape index (κ2) is 4.51. The van der Waals surface area contributed by atoms with Crippen molar-refractivity contribution in [3.05, 3.63) is 66.0 Å². The molecule has 0 aliphatic carbocycles. The summed E-state index contributed by atoms with van der Waals surface area (Å²) in [4.78, 5) is 0. The van der Waals surface area contributed by atoms with Gasteiger partial charge in [0, 0.05) is 12.1 Å². The van der Waals surface area contributed by atoms with Gasteiger partial charge in [-0.3, -0.25) is 0 Å². The molecular formula is C13H13N2+. The molecule has 1 aromatic heterocycles. The standard InChI is InChI=1S/C13H13N2/c1-12-6-5-7-13(10-12)11-14-15-8-3-2-4-9-15/h2-11H,1H3/q+1/b14-11+. The van der Waals surface area contributed by atoms with E-state index in [1.807, 2.05) is 48.9 Å². The highest BCUT2D eigenvalue weighted by molar-refractivity contribution is 5.79. The third-order valence-corrected chi connectivity index (χ3v) is 2.08. The molecule has 0 saturated heterocycles. The first kappa shape index (κ1) is 9.59. The summed E-state index contributed by atoms with van der Waals surface area (Å²) in [7, 11) is 0. The number of pyridine rings is 1. The van der Waals surface area contributed by atoms with Crippen LogP contribution in [0.4, 0.5) is 0 Å². The van der Waals surface area contributed by atoms with Gasteiger partial charge in [0.05, 0.1) is 0 Å². The van der Waals surface area contributed by atoms with Crippen LogP contribution in [0.15, 0.2) is 60.0 Å². The number of hydrogen-bond donors (Lipinski definition) is 0. The molecule has 0 saturated carbocycles. The Bertz CT molecular complexity index is 461. The topological polar surface area (TPSA) is 16.2 Å². The highest BCUT2D eigenvalue weighted by Crippen LogP contribution is 2.00. The van der Waals surface area contributed by atoms with Crippen molar-refractivity contribution in [3.63, 3.8) is 0 Å². The molecule has 2 aromatic rings. The summed E-state index contributed by atoms with van der Waals surface area (Å²) >= 11 is 0. The van der Waals surface area contributed by atoms with Gasteiger partial charge in [-0.1, -0.05) is 40.6 Å². The third kappa shape index (κ3) is 2.74. The predicted octanol–water partition coefficient (Wildman–Crippen LogP) is 2.16. The van der Waals surface area contributed by atoms with Crippen LogP contribution < -0.4 is 4.68 Å². The smallest absolute Gasteiger partial charge is 0.0613 e. The summed E-state index contributed by atoms with van der Waals surface area (Å²) in [6.07, 6.45) is 5.67. The van der Waals surface area contributed by atoms with E-state index >= 15 is 0 Å². The van der Waals surface area contributed by atoms with Gasteiger partial charge >= 0.3 is 0 Å². The van der Waals surface area contributed by atoms with Gasteiger partial charge < -0.3 is 0 Å². The van der Waals surface area contributed by atoms with Gasteiger partial charge in [0.1, 0.15) is 6.21 Å². The molecule has 2 heteroatoms. The Morgan fingerprint density at radius 3 is 2.60 bits per heavy atom.